The molecule has 0 aliphatic carbocycles. The van der Waals surface area contributed by atoms with Gasteiger partial charge in [0.2, 0.25) is 0 Å². The number of halogens is 2. The molecule has 3 nitrogen and oxygen atoms in total. The minimum absolute atomic E-state index is 0.483. The largest absolute Gasteiger partial charge is 0.293 e. The van der Waals surface area contributed by atoms with Crippen molar-refractivity contribution < 1.29 is 0 Å². The fourth-order valence-corrected chi connectivity index (χ4v) is 3.33. The highest BCUT2D eigenvalue weighted by molar-refractivity contribution is 6.31. The predicted octanol–water partition coefficient (Wildman–Crippen LogP) is 3.23. The molecule has 2 heterocycles. The van der Waals surface area contributed by atoms with E-state index in [0.29, 0.717) is 11.9 Å². The van der Waals surface area contributed by atoms with Crippen molar-refractivity contribution in [3.05, 3.63) is 16.4 Å². The highest BCUT2D eigenvalue weighted by atomic mass is 35.5. The number of aromatic nitrogens is 2. The first-order valence-corrected chi connectivity index (χ1v) is 7.58. The third kappa shape index (κ3) is 2.84. The van der Waals surface area contributed by atoms with Gasteiger partial charge < -0.3 is 0 Å². The summed E-state index contributed by atoms with van der Waals surface area (Å²) in [5.41, 5.74) is 2.11. The van der Waals surface area contributed by atoms with E-state index in [9.17, 15) is 0 Å². The van der Waals surface area contributed by atoms with Gasteiger partial charge in [-0.05, 0) is 25.8 Å². The molecule has 5 heteroatoms. The zero-order valence-electron chi connectivity index (χ0n) is 11.1. The van der Waals surface area contributed by atoms with Crippen molar-refractivity contribution in [2.45, 2.75) is 45.2 Å². The van der Waals surface area contributed by atoms with Crippen molar-refractivity contribution in [1.82, 2.24) is 14.7 Å². The van der Waals surface area contributed by atoms with Crippen LogP contribution >= 0.6 is 23.2 Å². The summed E-state index contributed by atoms with van der Waals surface area (Å²) in [6, 6.07) is 0.483. The van der Waals surface area contributed by atoms with Crippen LogP contribution in [0.2, 0.25) is 5.02 Å². The van der Waals surface area contributed by atoms with E-state index in [0.717, 1.165) is 35.9 Å². The fourth-order valence-electron chi connectivity index (χ4n) is 2.63. The molecule has 0 amide bonds. The maximum absolute atomic E-state index is 6.40. The van der Waals surface area contributed by atoms with Gasteiger partial charge in [0.05, 0.1) is 16.4 Å². The van der Waals surface area contributed by atoms with E-state index in [1.165, 1.54) is 19.3 Å². The van der Waals surface area contributed by atoms with Crippen LogP contribution in [0.4, 0.5) is 0 Å². The summed E-state index contributed by atoms with van der Waals surface area (Å²) in [4.78, 5) is 2.44. The first-order valence-electron chi connectivity index (χ1n) is 6.67. The van der Waals surface area contributed by atoms with E-state index in [4.69, 9.17) is 23.2 Å². The Hall–Kier alpha value is -0.250. The number of hydrogen-bond acceptors (Lipinski definition) is 2. The molecule has 1 atom stereocenters. The molecule has 0 saturated carbocycles. The number of piperidine rings is 1. The number of aryl methyl sites for hydroxylation is 2. The number of alkyl halides is 1. The van der Waals surface area contributed by atoms with Gasteiger partial charge in [0.25, 0.3) is 0 Å². The Balaban J connectivity index is 2.15. The molecule has 0 N–H and O–H groups in total. The number of hydrogen-bond donors (Lipinski definition) is 0. The second-order valence-corrected chi connectivity index (χ2v) is 5.65. The van der Waals surface area contributed by atoms with E-state index in [2.05, 4.69) is 16.9 Å². The zero-order valence-corrected chi connectivity index (χ0v) is 12.6. The molecule has 102 valence electrons. The van der Waals surface area contributed by atoms with Gasteiger partial charge in [-0.25, -0.2) is 0 Å². The lowest BCUT2D eigenvalue weighted by Gasteiger charge is -2.34. The highest BCUT2D eigenvalue weighted by Crippen LogP contribution is 2.26. The third-order valence-electron chi connectivity index (χ3n) is 3.78. The van der Waals surface area contributed by atoms with Crippen LogP contribution < -0.4 is 0 Å². The summed E-state index contributed by atoms with van der Waals surface area (Å²) in [6.45, 7) is 4.06. The minimum Gasteiger partial charge on any atom is -0.293 e. The smallest absolute Gasteiger partial charge is 0.0863 e. The number of nitrogens with zero attached hydrogens (tertiary/aromatic N) is 3. The van der Waals surface area contributed by atoms with Gasteiger partial charge in [-0.15, -0.1) is 11.6 Å². The summed E-state index contributed by atoms with van der Waals surface area (Å²) in [5.74, 6) is 0.704. The summed E-state index contributed by atoms with van der Waals surface area (Å²) < 4.78 is 1.92. The molecule has 2 rings (SSSR count). The molecule has 0 spiro atoms. The molecule has 1 aliphatic heterocycles. The van der Waals surface area contributed by atoms with Crippen LogP contribution in [-0.2, 0) is 20.0 Å². The first-order chi connectivity index (χ1) is 8.67. The van der Waals surface area contributed by atoms with Crippen LogP contribution in [0.1, 0.15) is 37.6 Å². The molecule has 0 aromatic carbocycles. The quantitative estimate of drug-likeness (QED) is 0.794. The summed E-state index contributed by atoms with van der Waals surface area (Å²) in [7, 11) is 1.97. The molecule has 0 radical (unpaired) electrons. The second-order valence-electron chi connectivity index (χ2n) is 4.96. The van der Waals surface area contributed by atoms with Crippen molar-refractivity contribution in [1.29, 1.82) is 0 Å². The van der Waals surface area contributed by atoms with Crippen molar-refractivity contribution in [3.63, 3.8) is 0 Å². The van der Waals surface area contributed by atoms with Gasteiger partial charge in [-0.3, -0.25) is 9.58 Å². The summed E-state index contributed by atoms with van der Waals surface area (Å²) >= 11 is 12.5. The normalized spacial score (nSPS) is 21.4. The third-order valence-corrected chi connectivity index (χ3v) is 4.58. The van der Waals surface area contributed by atoms with Crippen molar-refractivity contribution in [2.24, 2.45) is 7.05 Å². The van der Waals surface area contributed by atoms with E-state index in [1.807, 2.05) is 11.7 Å². The lowest BCUT2D eigenvalue weighted by molar-refractivity contribution is 0.151. The van der Waals surface area contributed by atoms with Gasteiger partial charge in [0.1, 0.15) is 0 Å². The van der Waals surface area contributed by atoms with E-state index in [1.54, 1.807) is 0 Å². The molecule has 1 fully saturated rings. The number of rotatable bonds is 4. The van der Waals surface area contributed by atoms with Gasteiger partial charge in [0.15, 0.2) is 0 Å². The lowest BCUT2D eigenvalue weighted by Crippen LogP contribution is -2.40. The van der Waals surface area contributed by atoms with Crippen molar-refractivity contribution in [2.75, 3.05) is 12.4 Å². The summed E-state index contributed by atoms with van der Waals surface area (Å²) in [6.07, 6.45) is 4.61. The molecule has 0 bridgehead atoms. The second kappa shape index (κ2) is 6.27. The molecule has 1 aliphatic rings. The maximum atomic E-state index is 6.40. The van der Waals surface area contributed by atoms with Crippen LogP contribution in [-0.4, -0.2) is 33.1 Å². The highest BCUT2D eigenvalue weighted by Gasteiger charge is 2.24. The van der Waals surface area contributed by atoms with E-state index in [-0.39, 0.29) is 0 Å². The first kappa shape index (κ1) is 14.2. The van der Waals surface area contributed by atoms with E-state index < -0.39 is 0 Å². The number of likely N-dealkylation sites (tertiary alicyclic amines) is 1. The van der Waals surface area contributed by atoms with Crippen molar-refractivity contribution in [3.8, 4) is 0 Å². The average molecular weight is 290 g/mol. The average Bonchev–Trinajstić information content (AvgIpc) is 2.66. The van der Waals surface area contributed by atoms with Gasteiger partial charge >= 0.3 is 0 Å². The Morgan fingerprint density at radius 1 is 1.39 bits per heavy atom. The summed E-state index contributed by atoms with van der Waals surface area (Å²) in [5, 5.41) is 5.30. The zero-order chi connectivity index (χ0) is 13.1. The molecular formula is C13H21Cl2N3. The molecule has 1 unspecified atom stereocenters. The minimum atomic E-state index is 0.483. The monoisotopic (exact) mass is 289 g/mol. The Labute approximate surface area is 119 Å². The molecule has 1 aromatic heterocycles. The predicted molar refractivity (Wildman–Crippen MR) is 76.4 cm³/mol. The Morgan fingerprint density at radius 2 is 2.17 bits per heavy atom. The van der Waals surface area contributed by atoms with Gasteiger partial charge in [0, 0.05) is 25.5 Å². The Morgan fingerprint density at radius 3 is 2.78 bits per heavy atom. The van der Waals surface area contributed by atoms with Crippen LogP contribution in [0.25, 0.3) is 0 Å². The Kier molecular flexibility index (Phi) is 4.93. The topological polar surface area (TPSA) is 21.1 Å². The molecular weight excluding hydrogens is 269 g/mol. The van der Waals surface area contributed by atoms with Gasteiger partial charge in [-0.1, -0.05) is 24.9 Å². The van der Waals surface area contributed by atoms with Crippen LogP contribution in [0.5, 0.6) is 0 Å². The lowest BCUT2D eigenvalue weighted by atomic mass is 10.0. The van der Waals surface area contributed by atoms with Gasteiger partial charge in [-0.2, -0.15) is 5.10 Å². The molecule has 1 saturated heterocycles. The van der Waals surface area contributed by atoms with Crippen LogP contribution in [0.15, 0.2) is 0 Å². The maximum Gasteiger partial charge on any atom is 0.0863 e. The molecule has 1 aromatic rings. The molecule has 18 heavy (non-hydrogen) atoms. The SMILES string of the molecule is CCc1nn(C)c(CN2CCCCC2CCl)c1Cl. The standard InChI is InChI=1S/C13H21Cl2N3/c1-3-11-13(15)12(17(2)16-11)9-18-7-5-4-6-10(18)8-14/h10H,3-9H2,1-2H3. The van der Waals surface area contributed by atoms with E-state index >= 15 is 0 Å². The van der Waals surface area contributed by atoms with Crippen LogP contribution in [0, 0.1) is 0 Å². The van der Waals surface area contributed by atoms with Crippen molar-refractivity contribution >= 4 is 23.2 Å². The fraction of sp³-hybridized carbons (Fsp3) is 0.769. The van der Waals surface area contributed by atoms with Crippen LogP contribution in [0.3, 0.4) is 0 Å². The Bertz CT molecular complexity index is 403.